The highest BCUT2D eigenvalue weighted by atomic mass is 32.1. The van der Waals surface area contributed by atoms with Crippen molar-refractivity contribution in [2.75, 3.05) is 33.1 Å². The summed E-state index contributed by atoms with van der Waals surface area (Å²) in [5.74, 6) is -0.337. The summed E-state index contributed by atoms with van der Waals surface area (Å²) in [6.07, 6.45) is 2.57. The molecular formula is C11H19N3O2S. The lowest BCUT2D eigenvalue weighted by Gasteiger charge is -2.15. The number of carbonyl (C=O) groups excluding carboxylic acids is 1. The zero-order valence-corrected chi connectivity index (χ0v) is 11.5. The first-order chi connectivity index (χ1) is 8.02. The zero-order chi connectivity index (χ0) is 12.8. The number of ether oxygens (including phenoxy) is 1. The second-order valence-electron chi connectivity index (χ2n) is 4.16. The zero-order valence-electron chi connectivity index (χ0n) is 10.7. The normalized spacial score (nSPS) is 12.5. The first-order valence-electron chi connectivity index (χ1n) is 5.48. The van der Waals surface area contributed by atoms with Gasteiger partial charge in [-0.25, -0.2) is 9.78 Å². The van der Waals surface area contributed by atoms with E-state index < -0.39 is 0 Å². The number of hydrogen-bond donors (Lipinski definition) is 1. The number of esters is 1. The van der Waals surface area contributed by atoms with Crippen LogP contribution in [0.4, 0.5) is 5.13 Å². The molecule has 1 N–H and O–H groups in total. The molecule has 0 fully saturated rings. The third-order valence-electron chi connectivity index (χ3n) is 2.27. The van der Waals surface area contributed by atoms with E-state index in [2.05, 4.69) is 26.9 Å². The summed E-state index contributed by atoms with van der Waals surface area (Å²) in [6.45, 7) is 3.12. The smallest absolute Gasteiger partial charge is 0.349 e. The fourth-order valence-electron chi connectivity index (χ4n) is 1.27. The van der Waals surface area contributed by atoms with Gasteiger partial charge < -0.3 is 15.0 Å². The van der Waals surface area contributed by atoms with Gasteiger partial charge in [-0.3, -0.25) is 0 Å². The average molecular weight is 257 g/mol. The number of nitrogens with one attached hydrogen (secondary N) is 1. The standard InChI is InChI=1S/C11H19N3O2S/c1-8(5-6-14(2)3)13-11-12-7-9(17-11)10(15)16-4/h7-8H,5-6H2,1-4H3,(H,12,13). The molecular weight excluding hydrogens is 238 g/mol. The molecule has 1 heterocycles. The van der Waals surface area contributed by atoms with Crippen LogP contribution in [0.15, 0.2) is 6.20 Å². The van der Waals surface area contributed by atoms with E-state index in [1.807, 2.05) is 14.1 Å². The highest BCUT2D eigenvalue weighted by Crippen LogP contribution is 2.19. The number of carbonyl (C=O) groups is 1. The SMILES string of the molecule is COC(=O)c1cnc(NC(C)CCN(C)C)s1. The lowest BCUT2D eigenvalue weighted by atomic mass is 10.2. The van der Waals surface area contributed by atoms with Crippen molar-refractivity contribution >= 4 is 22.4 Å². The Morgan fingerprint density at radius 1 is 1.65 bits per heavy atom. The van der Waals surface area contributed by atoms with E-state index in [0.717, 1.165) is 18.1 Å². The van der Waals surface area contributed by atoms with Gasteiger partial charge in [-0.15, -0.1) is 0 Å². The summed E-state index contributed by atoms with van der Waals surface area (Å²) < 4.78 is 4.63. The van der Waals surface area contributed by atoms with E-state index in [0.29, 0.717) is 10.9 Å². The summed E-state index contributed by atoms with van der Waals surface area (Å²) in [6, 6.07) is 0.328. The van der Waals surface area contributed by atoms with Gasteiger partial charge in [0.15, 0.2) is 5.13 Å². The van der Waals surface area contributed by atoms with Gasteiger partial charge in [0, 0.05) is 6.04 Å². The molecule has 0 aromatic carbocycles. The second-order valence-corrected chi connectivity index (χ2v) is 5.19. The van der Waals surface area contributed by atoms with Crippen LogP contribution in [0.1, 0.15) is 23.0 Å². The van der Waals surface area contributed by atoms with Crippen LogP contribution >= 0.6 is 11.3 Å². The largest absolute Gasteiger partial charge is 0.465 e. The Labute approximate surface area is 106 Å². The van der Waals surface area contributed by atoms with Crippen molar-refractivity contribution in [1.82, 2.24) is 9.88 Å². The number of nitrogens with zero attached hydrogens (tertiary/aromatic N) is 2. The molecule has 0 bridgehead atoms. The van der Waals surface area contributed by atoms with Gasteiger partial charge in [0.05, 0.1) is 13.3 Å². The summed E-state index contributed by atoms with van der Waals surface area (Å²) in [5.41, 5.74) is 0. The van der Waals surface area contributed by atoms with Crippen molar-refractivity contribution < 1.29 is 9.53 Å². The molecule has 1 atom stereocenters. The number of aromatic nitrogens is 1. The molecule has 0 spiro atoms. The average Bonchev–Trinajstić information content (AvgIpc) is 2.73. The van der Waals surface area contributed by atoms with E-state index in [1.54, 1.807) is 0 Å². The van der Waals surface area contributed by atoms with Crippen LogP contribution in [0.2, 0.25) is 0 Å². The van der Waals surface area contributed by atoms with E-state index in [1.165, 1.54) is 24.6 Å². The van der Waals surface area contributed by atoms with Crippen LogP contribution in [0, 0.1) is 0 Å². The predicted molar refractivity (Wildman–Crippen MR) is 69.7 cm³/mol. The fraction of sp³-hybridized carbons (Fsp3) is 0.636. The van der Waals surface area contributed by atoms with Gasteiger partial charge in [0.2, 0.25) is 0 Å². The molecule has 1 rings (SSSR count). The minimum Gasteiger partial charge on any atom is -0.465 e. The van der Waals surface area contributed by atoms with Crippen molar-refractivity contribution in [3.05, 3.63) is 11.1 Å². The second kappa shape index (κ2) is 6.56. The molecule has 5 nitrogen and oxygen atoms in total. The molecule has 0 radical (unpaired) electrons. The molecule has 0 saturated heterocycles. The maximum atomic E-state index is 11.2. The third kappa shape index (κ3) is 4.70. The Kier molecular flexibility index (Phi) is 5.37. The topological polar surface area (TPSA) is 54.5 Å². The van der Waals surface area contributed by atoms with E-state index in [-0.39, 0.29) is 5.97 Å². The molecule has 17 heavy (non-hydrogen) atoms. The number of thiazole rings is 1. The number of rotatable bonds is 6. The molecule has 0 amide bonds. The predicted octanol–water partition coefficient (Wildman–Crippen LogP) is 1.68. The molecule has 1 aromatic heterocycles. The van der Waals surface area contributed by atoms with E-state index >= 15 is 0 Å². The maximum Gasteiger partial charge on any atom is 0.349 e. The summed E-state index contributed by atoms with van der Waals surface area (Å²) in [4.78, 5) is 18.0. The molecule has 96 valence electrons. The van der Waals surface area contributed by atoms with Crippen LogP contribution in [-0.2, 0) is 4.74 Å². The van der Waals surface area contributed by atoms with Gasteiger partial charge in [-0.1, -0.05) is 11.3 Å². The molecule has 0 aliphatic rings. The molecule has 0 aliphatic heterocycles. The van der Waals surface area contributed by atoms with Gasteiger partial charge in [-0.05, 0) is 34.0 Å². The molecule has 6 heteroatoms. The van der Waals surface area contributed by atoms with Crippen LogP contribution in [0.25, 0.3) is 0 Å². The van der Waals surface area contributed by atoms with Crippen LogP contribution < -0.4 is 5.32 Å². The van der Waals surface area contributed by atoms with Gasteiger partial charge in [0.1, 0.15) is 4.88 Å². The number of hydrogen-bond acceptors (Lipinski definition) is 6. The minimum absolute atomic E-state index is 0.328. The lowest BCUT2D eigenvalue weighted by molar-refractivity contribution is 0.0606. The molecule has 0 aliphatic carbocycles. The number of anilines is 1. The molecule has 1 unspecified atom stereocenters. The minimum atomic E-state index is -0.337. The molecule has 0 saturated carbocycles. The lowest BCUT2D eigenvalue weighted by Crippen LogP contribution is -2.22. The Balaban J connectivity index is 2.46. The van der Waals surface area contributed by atoms with E-state index in [9.17, 15) is 4.79 Å². The maximum absolute atomic E-state index is 11.2. The Morgan fingerprint density at radius 2 is 2.35 bits per heavy atom. The quantitative estimate of drug-likeness (QED) is 0.786. The van der Waals surface area contributed by atoms with Crippen LogP contribution in [0.3, 0.4) is 0 Å². The fourth-order valence-corrected chi connectivity index (χ4v) is 2.12. The third-order valence-corrected chi connectivity index (χ3v) is 3.18. The first-order valence-corrected chi connectivity index (χ1v) is 6.30. The summed E-state index contributed by atoms with van der Waals surface area (Å²) >= 11 is 1.32. The highest BCUT2D eigenvalue weighted by Gasteiger charge is 2.11. The monoisotopic (exact) mass is 257 g/mol. The Bertz CT molecular complexity index is 365. The number of methoxy groups -OCH3 is 1. The van der Waals surface area contributed by atoms with Crippen molar-refractivity contribution in [2.24, 2.45) is 0 Å². The van der Waals surface area contributed by atoms with Gasteiger partial charge in [0.25, 0.3) is 0 Å². The van der Waals surface area contributed by atoms with Crippen molar-refractivity contribution in [1.29, 1.82) is 0 Å². The molecule has 1 aromatic rings. The van der Waals surface area contributed by atoms with Gasteiger partial charge in [-0.2, -0.15) is 0 Å². The van der Waals surface area contributed by atoms with Crippen LogP contribution in [0.5, 0.6) is 0 Å². The summed E-state index contributed by atoms with van der Waals surface area (Å²) in [5, 5.41) is 4.03. The highest BCUT2D eigenvalue weighted by molar-refractivity contribution is 7.17. The van der Waals surface area contributed by atoms with E-state index in [4.69, 9.17) is 0 Å². The summed E-state index contributed by atoms with van der Waals surface area (Å²) in [7, 11) is 5.46. The van der Waals surface area contributed by atoms with Crippen molar-refractivity contribution in [3.63, 3.8) is 0 Å². The first kappa shape index (κ1) is 13.9. The van der Waals surface area contributed by atoms with Crippen molar-refractivity contribution in [3.8, 4) is 0 Å². The Morgan fingerprint density at radius 3 is 2.94 bits per heavy atom. The van der Waals surface area contributed by atoms with Crippen LogP contribution in [-0.4, -0.2) is 49.6 Å². The Hall–Kier alpha value is -1.14. The van der Waals surface area contributed by atoms with Crippen molar-refractivity contribution in [2.45, 2.75) is 19.4 Å². The van der Waals surface area contributed by atoms with Gasteiger partial charge >= 0.3 is 5.97 Å².